The number of hydrogen-bond donors (Lipinski definition) is 2. The summed E-state index contributed by atoms with van der Waals surface area (Å²) >= 11 is 2.09. The minimum absolute atomic E-state index is 0.0731. The maximum absolute atomic E-state index is 12.1. The van der Waals surface area contributed by atoms with Crippen LogP contribution in [0.3, 0.4) is 0 Å². The first-order chi connectivity index (χ1) is 12.0. The Hall–Kier alpha value is -2.42. The smallest absolute Gasteiger partial charge is 0.252 e. The Morgan fingerprint density at radius 3 is 2.80 bits per heavy atom. The molecule has 0 aliphatic heterocycles. The summed E-state index contributed by atoms with van der Waals surface area (Å²) in [5.41, 5.74) is 3.30. The summed E-state index contributed by atoms with van der Waals surface area (Å²) in [6.07, 6.45) is 3.81. The van der Waals surface area contributed by atoms with Crippen molar-refractivity contribution in [3.05, 3.63) is 69.2 Å². The molecule has 0 bridgehead atoms. The summed E-state index contributed by atoms with van der Waals surface area (Å²) in [7, 11) is 0. The van der Waals surface area contributed by atoms with Crippen molar-refractivity contribution in [2.75, 3.05) is 6.54 Å². The summed E-state index contributed by atoms with van der Waals surface area (Å²) in [6.45, 7) is 2.25. The number of nitrogens with one attached hydrogen (secondary N) is 2. The molecule has 7 heteroatoms. The van der Waals surface area contributed by atoms with Crippen LogP contribution in [0.1, 0.15) is 21.6 Å². The van der Waals surface area contributed by atoms with Gasteiger partial charge in [-0.25, -0.2) is 4.98 Å². The van der Waals surface area contributed by atoms with Crippen LogP contribution < -0.4 is 10.6 Å². The molecule has 2 amide bonds. The second-order valence-corrected chi connectivity index (χ2v) is 6.80. The topological polar surface area (TPSA) is 75.5 Å². The molecule has 0 saturated heterocycles. The van der Waals surface area contributed by atoms with Crippen molar-refractivity contribution in [1.82, 2.24) is 20.0 Å². The first kappa shape index (κ1) is 17.4. The average Bonchev–Trinajstić information content (AvgIpc) is 3.00. The minimum Gasteiger partial charge on any atom is -0.349 e. The van der Waals surface area contributed by atoms with Gasteiger partial charge >= 0.3 is 0 Å². The molecule has 3 aromatic rings. The summed E-state index contributed by atoms with van der Waals surface area (Å²) in [6, 6.07) is 11.2. The van der Waals surface area contributed by atoms with E-state index in [0.29, 0.717) is 12.1 Å². The Bertz CT molecular complexity index is 936. The molecule has 0 atom stereocenters. The maximum Gasteiger partial charge on any atom is 0.252 e. The lowest BCUT2D eigenvalue weighted by Gasteiger charge is -2.07. The van der Waals surface area contributed by atoms with Gasteiger partial charge in [0.2, 0.25) is 5.91 Å². The molecule has 0 aliphatic carbocycles. The molecule has 0 fully saturated rings. The van der Waals surface area contributed by atoms with Crippen LogP contribution >= 0.6 is 22.6 Å². The predicted octanol–water partition coefficient (Wildman–Crippen LogP) is 2.29. The van der Waals surface area contributed by atoms with Gasteiger partial charge in [-0.3, -0.25) is 9.59 Å². The molecule has 2 N–H and O–H groups in total. The van der Waals surface area contributed by atoms with Gasteiger partial charge in [-0.05, 0) is 59.3 Å². The van der Waals surface area contributed by atoms with Crippen LogP contribution in [-0.2, 0) is 11.3 Å². The first-order valence-corrected chi connectivity index (χ1v) is 8.84. The third kappa shape index (κ3) is 4.36. The van der Waals surface area contributed by atoms with E-state index in [1.807, 2.05) is 48.0 Å². The van der Waals surface area contributed by atoms with Gasteiger partial charge in [0.15, 0.2) is 0 Å². The fourth-order valence-electron chi connectivity index (χ4n) is 2.37. The SMILES string of the molecule is Cc1ccn2cc(CNC(=O)CNC(=O)c3ccccc3I)nc2c1. The molecular formula is C18H17IN4O2. The molecule has 0 saturated carbocycles. The Morgan fingerprint density at radius 1 is 1.20 bits per heavy atom. The number of carbonyl (C=O) groups is 2. The van der Waals surface area contributed by atoms with Gasteiger partial charge in [0, 0.05) is 16.0 Å². The van der Waals surface area contributed by atoms with Crippen LogP contribution in [-0.4, -0.2) is 27.7 Å². The lowest BCUT2D eigenvalue weighted by molar-refractivity contribution is -0.120. The number of pyridine rings is 1. The third-order valence-electron chi connectivity index (χ3n) is 3.66. The van der Waals surface area contributed by atoms with Crippen LogP contribution in [0.4, 0.5) is 0 Å². The van der Waals surface area contributed by atoms with Gasteiger partial charge in [0.05, 0.1) is 24.3 Å². The average molecular weight is 448 g/mol. The van der Waals surface area contributed by atoms with E-state index in [9.17, 15) is 9.59 Å². The molecule has 25 heavy (non-hydrogen) atoms. The van der Waals surface area contributed by atoms with Crippen molar-refractivity contribution in [2.24, 2.45) is 0 Å². The minimum atomic E-state index is -0.261. The zero-order chi connectivity index (χ0) is 17.8. The van der Waals surface area contributed by atoms with Gasteiger partial charge in [0.1, 0.15) is 5.65 Å². The highest BCUT2D eigenvalue weighted by atomic mass is 127. The highest BCUT2D eigenvalue weighted by molar-refractivity contribution is 14.1. The zero-order valence-electron chi connectivity index (χ0n) is 13.6. The number of rotatable bonds is 5. The Kier molecular flexibility index (Phi) is 5.32. The number of amides is 2. The van der Waals surface area contributed by atoms with Crippen LogP contribution in [0.2, 0.25) is 0 Å². The number of carbonyl (C=O) groups excluding carboxylic acids is 2. The number of hydrogen-bond acceptors (Lipinski definition) is 3. The summed E-state index contributed by atoms with van der Waals surface area (Å²) < 4.78 is 2.76. The lowest BCUT2D eigenvalue weighted by atomic mass is 10.2. The van der Waals surface area contributed by atoms with Gasteiger partial charge in [-0.1, -0.05) is 12.1 Å². The second-order valence-electron chi connectivity index (χ2n) is 5.64. The van der Waals surface area contributed by atoms with Crippen molar-refractivity contribution in [3.63, 3.8) is 0 Å². The van der Waals surface area contributed by atoms with Gasteiger partial charge in [0.25, 0.3) is 5.91 Å². The number of aryl methyl sites for hydroxylation is 1. The summed E-state index contributed by atoms with van der Waals surface area (Å²) in [4.78, 5) is 28.5. The normalized spacial score (nSPS) is 10.6. The van der Waals surface area contributed by atoms with E-state index >= 15 is 0 Å². The molecule has 6 nitrogen and oxygen atoms in total. The van der Waals surface area contributed by atoms with Gasteiger partial charge in [-0.2, -0.15) is 0 Å². The van der Waals surface area contributed by atoms with Crippen molar-refractivity contribution in [1.29, 1.82) is 0 Å². The summed E-state index contributed by atoms with van der Waals surface area (Å²) in [5.74, 6) is -0.518. The van der Waals surface area contributed by atoms with Crippen molar-refractivity contribution in [2.45, 2.75) is 13.5 Å². The Balaban J connectivity index is 1.52. The van der Waals surface area contributed by atoms with E-state index in [1.165, 1.54) is 0 Å². The number of aromatic nitrogens is 2. The van der Waals surface area contributed by atoms with Crippen LogP contribution in [0.25, 0.3) is 5.65 Å². The van der Waals surface area contributed by atoms with E-state index in [0.717, 1.165) is 20.5 Å². The van der Waals surface area contributed by atoms with Crippen LogP contribution in [0.15, 0.2) is 48.8 Å². The standard InChI is InChI=1S/C18H17IN4O2/c1-12-6-7-23-11-13(22-16(23)8-12)9-20-17(24)10-21-18(25)14-4-2-3-5-15(14)19/h2-8,11H,9-10H2,1H3,(H,20,24)(H,21,25). The van der Waals surface area contributed by atoms with Crippen molar-refractivity contribution >= 4 is 40.1 Å². The Labute approximate surface area is 158 Å². The second kappa shape index (κ2) is 7.64. The predicted molar refractivity (Wildman–Crippen MR) is 103 cm³/mol. The van der Waals surface area contributed by atoms with Gasteiger partial charge in [-0.15, -0.1) is 0 Å². The molecule has 128 valence electrons. The van der Waals surface area contributed by atoms with Crippen LogP contribution in [0, 0.1) is 10.5 Å². The lowest BCUT2D eigenvalue weighted by Crippen LogP contribution is -2.36. The maximum atomic E-state index is 12.1. The van der Waals surface area contributed by atoms with E-state index in [1.54, 1.807) is 12.1 Å². The van der Waals surface area contributed by atoms with Crippen molar-refractivity contribution in [3.8, 4) is 0 Å². The monoisotopic (exact) mass is 448 g/mol. The first-order valence-electron chi connectivity index (χ1n) is 7.76. The molecule has 2 heterocycles. The van der Waals surface area contributed by atoms with Crippen molar-refractivity contribution < 1.29 is 9.59 Å². The molecule has 1 aromatic carbocycles. The molecule has 2 aromatic heterocycles. The molecule has 3 rings (SSSR count). The molecule has 0 radical (unpaired) electrons. The van der Waals surface area contributed by atoms with Gasteiger partial charge < -0.3 is 15.0 Å². The quantitative estimate of drug-likeness (QED) is 0.589. The number of nitrogens with zero attached hydrogens (tertiary/aromatic N) is 2. The highest BCUT2D eigenvalue weighted by Crippen LogP contribution is 2.11. The van der Waals surface area contributed by atoms with E-state index in [2.05, 4.69) is 38.2 Å². The van der Waals surface area contributed by atoms with E-state index < -0.39 is 0 Å². The largest absolute Gasteiger partial charge is 0.349 e. The number of halogens is 1. The van der Waals surface area contributed by atoms with E-state index in [4.69, 9.17) is 0 Å². The number of fused-ring (bicyclic) bond motifs is 1. The van der Waals surface area contributed by atoms with Crippen LogP contribution in [0.5, 0.6) is 0 Å². The number of benzene rings is 1. The van der Waals surface area contributed by atoms with E-state index in [-0.39, 0.29) is 18.4 Å². The molecular weight excluding hydrogens is 431 g/mol. The fraction of sp³-hybridized carbons (Fsp3) is 0.167. The molecule has 0 aliphatic rings. The summed E-state index contributed by atoms with van der Waals surface area (Å²) in [5, 5.41) is 5.39. The fourth-order valence-corrected chi connectivity index (χ4v) is 3.01. The third-order valence-corrected chi connectivity index (χ3v) is 4.60. The molecule has 0 spiro atoms. The zero-order valence-corrected chi connectivity index (χ0v) is 15.8. The Morgan fingerprint density at radius 2 is 2.00 bits per heavy atom. The molecule has 0 unspecified atom stereocenters. The number of imidazole rings is 1. The highest BCUT2D eigenvalue weighted by Gasteiger charge is 2.11.